The molecule has 0 atom stereocenters. The van der Waals surface area contributed by atoms with Gasteiger partial charge in [0.05, 0.1) is 15.8 Å². The highest BCUT2D eigenvalue weighted by atomic mass is 32.1. The maximum atomic E-state index is 11.0. The van der Waals surface area contributed by atoms with Crippen LogP contribution in [0.5, 0.6) is 0 Å². The van der Waals surface area contributed by atoms with E-state index in [9.17, 15) is 4.79 Å². The van der Waals surface area contributed by atoms with Gasteiger partial charge in [-0.25, -0.2) is 9.78 Å². The molecule has 3 aromatic rings. The minimum Gasteiger partial charge on any atom is -0.478 e. The number of fused-ring (bicyclic) bond motifs is 1. The monoisotopic (exact) mass is 284 g/mol. The average Bonchev–Trinajstić information content (AvgIpc) is 2.80. The van der Waals surface area contributed by atoms with Crippen LogP contribution in [0, 0.1) is 6.92 Å². The molecule has 0 unspecified atom stereocenters. The van der Waals surface area contributed by atoms with Crippen molar-refractivity contribution in [1.29, 1.82) is 0 Å². The van der Waals surface area contributed by atoms with E-state index in [0.29, 0.717) is 5.56 Å². The number of aryl methyl sites for hydroxylation is 1. The number of anilines is 2. The zero-order chi connectivity index (χ0) is 14.1. The van der Waals surface area contributed by atoms with Crippen LogP contribution in [0.15, 0.2) is 42.5 Å². The lowest BCUT2D eigenvalue weighted by Crippen LogP contribution is -2.00. The second-order valence-electron chi connectivity index (χ2n) is 4.45. The molecule has 0 fully saturated rings. The molecule has 0 aliphatic heterocycles. The van der Waals surface area contributed by atoms with Crippen LogP contribution in [0.1, 0.15) is 15.9 Å². The topological polar surface area (TPSA) is 62.2 Å². The van der Waals surface area contributed by atoms with Gasteiger partial charge in [0.25, 0.3) is 0 Å². The molecule has 5 heteroatoms. The minimum absolute atomic E-state index is 0.319. The molecule has 100 valence electrons. The summed E-state index contributed by atoms with van der Waals surface area (Å²) in [5, 5.41) is 13.0. The van der Waals surface area contributed by atoms with Crippen LogP contribution in [0.2, 0.25) is 0 Å². The van der Waals surface area contributed by atoms with Gasteiger partial charge in [0, 0.05) is 5.69 Å². The van der Waals surface area contributed by atoms with Crippen molar-refractivity contribution in [3.63, 3.8) is 0 Å². The Kier molecular flexibility index (Phi) is 3.12. The molecule has 3 rings (SSSR count). The lowest BCUT2D eigenvalue weighted by Gasteiger charge is -2.05. The first-order valence-corrected chi connectivity index (χ1v) is 6.92. The first-order valence-electron chi connectivity index (χ1n) is 6.10. The Morgan fingerprint density at radius 2 is 2.05 bits per heavy atom. The van der Waals surface area contributed by atoms with Crippen molar-refractivity contribution in [2.45, 2.75) is 6.92 Å². The largest absolute Gasteiger partial charge is 0.478 e. The Bertz CT molecular complexity index is 762. The van der Waals surface area contributed by atoms with E-state index >= 15 is 0 Å². The summed E-state index contributed by atoms with van der Waals surface area (Å²) in [6.07, 6.45) is 0. The molecule has 2 N–H and O–H groups in total. The summed E-state index contributed by atoms with van der Waals surface area (Å²) >= 11 is 1.57. The molecule has 0 saturated heterocycles. The van der Waals surface area contributed by atoms with Crippen molar-refractivity contribution in [2.75, 3.05) is 5.32 Å². The number of aromatic carboxylic acids is 1. The number of rotatable bonds is 3. The fourth-order valence-electron chi connectivity index (χ4n) is 2.03. The Balaban J connectivity index is 1.90. The Hall–Kier alpha value is -2.40. The lowest BCUT2D eigenvalue weighted by atomic mass is 10.1. The zero-order valence-corrected chi connectivity index (χ0v) is 11.6. The van der Waals surface area contributed by atoms with E-state index in [-0.39, 0.29) is 0 Å². The van der Waals surface area contributed by atoms with Gasteiger partial charge < -0.3 is 10.4 Å². The summed E-state index contributed by atoms with van der Waals surface area (Å²) in [7, 11) is 0. The van der Waals surface area contributed by atoms with Gasteiger partial charge in [-0.1, -0.05) is 23.5 Å². The number of carboxylic acid groups (broad SMARTS) is 1. The van der Waals surface area contributed by atoms with Crippen molar-refractivity contribution >= 4 is 38.3 Å². The van der Waals surface area contributed by atoms with E-state index in [1.807, 2.05) is 30.3 Å². The number of benzene rings is 2. The van der Waals surface area contributed by atoms with Crippen molar-refractivity contribution in [2.24, 2.45) is 0 Å². The van der Waals surface area contributed by atoms with Crippen molar-refractivity contribution in [3.05, 3.63) is 53.6 Å². The highest BCUT2D eigenvalue weighted by molar-refractivity contribution is 7.22. The smallest absolute Gasteiger partial charge is 0.335 e. The van der Waals surface area contributed by atoms with Crippen LogP contribution >= 0.6 is 11.3 Å². The summed E-state index contributed by atoms with van der Waals surface area (Å²) in [6.45, 7) is 1.78. The van der Waals surface area contributed by atoms with E-state index in [1.54, 1.807) is 30.4 Å². The number of hydrogen-bond donors (Lipinski definition) is 2. The predicted molar refractivity (Wildman–Crippen MR) is 81.0 cm³/mol. The van der Waals surface area contributed by atoms with Gasteiger partial charge in [-0.05, 0) is 42.8 Å². The van der Waals surface area contributed by atoms with E-state index in [4.69, 9.17) is 5.11 Å². The fraction of sp³-hybridized carbons (Fsp3) is 0.0667. The zero-order valence-electron chi connectivity index (χ0n) is 10.8. The highest BCUT2D eigenvalue weighted by Crippen LogP contribution is 2.28. The fourth-order valence-corrected chi connectivity index (χ4v) is 2.92. The van der Waals surface area contributed by atoms with Gasteiger partial charge >= 0.3 is 5.97 Å². The average molecular weight is 284 g/mol. The lowest BCUT2D eigenvalue weighted by molar-refractivity contribution is 0.0696. The quantitative estimate of drug-likeness (QED) is 0.761. The minimum atomic E-state index is -0.908. The number of para-hydroxylation sites is 1. The third-order valence-corrected chi connectivity index (χ3v) is 3.95. The van der Waals surface area contributed by atoms with Gasteiger partial charge in [-0.15, -0.1) is 0 Å². The van der Waals surface area contributed by atoms with E-state index < -0.39 is 5.97 Å². The van der Waals surface area contributed by atoms with Crippen molar-refractivity contribution in [3.8, 4) is 0 Å². The van der Waals surface area contributed by atoms with Gasteiger partial charge in [0.2, 0.25) is 0 Å². The summed E-state index contributed by atoms with van der Waals surface area (Å²) in [6, 6.07) is 13.1. The van der Waals surface area contributed by atoms with Crippen LogP contribution < -0.4 is 5.32 Å². The van der Waals surface area contributed by atoms with Crippen molar-refractivity contribution in [1.82, 2.24) is 4.98 Å². The molecule has 20 heavy (non-hydrogen) atoms. The Morgan fingerprint density at radius 1 is 1.25 bits per heavy atom. The molecule has 0 saturated carbocycles. The molecule has 0 radical (unpaired) electrons. The maximum absolute atomic E-state index is 11.0. The molecule has 0 aliphatic rings. The summed E-state index contributed by atoms with van der Waals surface area (Å²) in [4.78, 5) is 15.5. The third kappa shape index (κ3) is 2.35. The van der Waals surface area contributed by atoms with Crippen LogP contribution in [-0.2, 0) is 0 Å². The Morgan fingerprint density at radius 3 is 2.75 bits per heavy atom. The number of thiazole rings is 1. The molecular weight excluding hydrogens is 272 g/mol. The maximum Gasteiger partial charge on any atom is 0.335 e. The highest BCUT2D eigenvalue weighted by Gasteiger charge is 2.08. The number of hydrogen-bond acceptors (Lipinski definition) is 4. The molecule has 0 amide bonds. The van der Waals surface area contributed by atoms with Crippen LogP contribution in [-0.4, -0.2) is 16.1 Å². The predicted octanol–water partition coefficient (Wildman–Crippen LogP) is 4.05. The third-order valence-electron chi connectivity index (χ3n) is 3.00. The number of nitrogens with one attached hydrogen (secondary N) is 1. The molecule has 0 bridgehead atoms. The number of carboxylic acids is 1. The number of carbonyl (C=O) groups is 1. The van der Waals surface area contributed by atoms with Crippen LogP contribution in [0.3, 0.4) is 0 Å². The first-order chi connectivity index (χ1) is 9.63. The molecular formula is C15H12N2O2S. The Labute approximate surface area is 119 Å². The molecule has 0 spiro atoms. The van der Waals surface area contributed by atoms with E-state index in [2.05, 4.69) is 10.3 Å². The van der Waals surface area contributed by atoms with Gasteiger partial charge in [-0.3, -0.25) is 0 Å². The normalized spacial score (nSPS) is 10.7. The van der Waals surface area contributed by atoms with Gasteiger partial charge in [0.1, 0.15) is 0 Å². The van der Waals surface area contributed by atoms with E-state index in [1.165, 1.54) is 0 Å². The van der Waals surface area contributed by atoms with Gasteiger partial charge in [0.15, 0.2) is 5.13 Å². The van der Waals surface area contributed by atoms with Crippen LogP contribution in [0.25, 0.3) is 10.2 Å². The van der Waals surface area contributed by atoms with Gasteiger partial charge in [-0.2, -0.15) is 0 Å². The summed E-state index contributed by atoms with van der Waals surface area (Å²) in [5.74, 6) is -0.908. The molecule has 4 nitrogen and oxygen atoms in total. The number of aromatic nitrogens is 1. The molecule has 0 aliphatic carbocycles. The van der Waals surface area contributed by atoms with E-state index in [0.717, 1.165) is 26.6 Å². The summed E-state index contributed by atoms with van der Waals surface area (Å²) < 4.78 is 1.12. The SMILES string of the molecule is Cc1cc(Nc2nc3ccccc3s2)ccc1C(=O)O. The molecule has 1 heterocycles. The van der Waals surface area contributed by atoms with Crippen molar-refractivity contribution < 1.29 is 9.90 Å². The molecule has 1 aromatic heterocycles. The standard InChI is InChI=1S/C15H12N2O2S/c1-9-8-10(6-7-11(9)14(18)19)16-15-17-12-4-2-3-5-13(12)20-15/h2-8H,1H3,(H,16,17)(H,18,19). The second-order valence-corrected chi connectivity index (χ2v) is 5.48. The summed E-state index contributed by atoms with van der Waals surface area (Å²) in [5.41, 5.74) is 2.84. The molecule has 2 aromatic carbocycles. The first kappa shape index (κ1) is 12.6. The van der Waals surface area contributed by atoms with Crippen LogP contribution in [0.4, 0.5) is 10.8 Å². The second kappa shape index (κ2) is 4.94. The number of nitrogens with zero attached hydrogens (tertiary/aromatic N) is 1.